The predicted molar refractivity (Wildman–Crippen MR) is 59.3 cm³/mol. The molecule has 0 spiro atoms. The molecule has 2 nitrogen and oxygen atoms in total. The Balaban J connectivity index is 2.10. The van der Waals surface area contributed by atoms with Gasteiger partial charge in [0.1, 0.15) is 6.26 Å². The Morgan fingerprint density at radius 3 is 3.07 bits per heavy atom. The van der Waals surface area contributed by atoms with Crippen LogP contribution in [-0.2, 0) is 5.88 Å². The van der Waals surface area contributed by atoms with Gasteiger partial charge in [-0.3, -0.25) is 0 Å². The highest BCUT2D eigenvalue weighted by atomic mass is 35.5. The van der Waals surface area contributed by atoms with Gasteiger partial charge in [0.15, 0.2) is 0 Å². The fourth-order valence-electron chi connectivity index (χ4n) is 1.00. The van der Waals surface area contributed by atoms with Crippen LogP contribution in [0.3, 0.4) is 0 Å². The lowest BCUT2D eigenvalue weighted by molar-refractivity contribution is 0.546. The molecule has 2 aromatic heterocycles. The molecule has 2 heterocycles. The van der Waals surface area contributed by atoms with E-state index in [0.29, 0.717) is 11.8 Å². The molecule has 14 heavy (non-hydrogen) atoms. The minimum absolute atomic E-state index is 0.385. The zero-order chi connectivity index (χ0) is 9.80. The fourth-order valence-corrected chi connectivity index (χ4v) is 1.74. The van der Waals surface area contributed by atoms with Crippen LogP contribution >= 0.6 is 22.9 Å². The van der Waals surface area contributed by atoms with Gasteiger partial charge in [0.05, 0.1) is 11.6 Å². The summed E-state index contributed by atoms with van der Waals surface area (Å²) in [5, 5.41) is 2.03. The van der Waals surface area contributed by atoms with E-state index in [4.69, 9.17) is 16.0 Å². The van der Waals surface area contributed by atoms with Crippen molar-refractivity contribution in [2.24, 2.45) is 0 Å². The van der Waals surface area contributed by atoms with Gasteiger partial charge in [0.25, 0.3) is 0 Å². The Hall–Kier alpha value is -1.06. The van der Waals surface area contributed by atoms with Gasteiger partial charge in [-0.1, -0.05) is 6.07 Å². The Morgan fingerprint density at radius 2 is 2.43 bits per heavy atom. The molecule has 0 saturated carbocycles. The maximum Gasteiger partial charge on any atom is 0.218 e. The van der Waals surface area contributed by atoms with E-state index in [0.717, 1.165) is 5.69 Å². The van der Waals surface area contributed by atoms with E-state index < -0.39 is 0 Å². The monoisotopic (exact) mass is 225 g/mol. The number of alkyl halides is 1. The molecule has 4 heteroatoms. The summed E-state index contributed by atoms with van der Waals surface area (Å²) in [6.07, 6.45) is 5.37. The highest BCUT2D eigenvalue weighted by molar-refractivity contribution is 7.10. The van der Waals surface area contributed by atoms with Crippen molar-refractivity contribution < 1.29 is 4.42 Å². The molecular formula is C10H8ClNOS. The molecule has 0 aliphatic heterocycles. The molecule has 0 N–H and O–H groups in total. The second-order valence-electron chi connectivity index (χ2n) is 2.66. The van der Waals surface area contributed by atoms with Crippen molar-refractivity contribution in [1.82, 2.24) is 4.98 Å². The van der Waals surface area contributed by atoms with E-state index in [9.17, 15) is 0 Å². The molecule has 0 saturated heterocycles. The molecule has 0 fully saturated rings. The molecule has 2 rings (SSSR count). The first-order chi connectivity index (χ1) is 6.88. The van der Waals surface area contributed by atoms with Gasteiger partial charge in [-0.2, -0.15) is 0 Å². The van der Waals surface area contributed by atoms with Crippen LogP contribution in [0.1, 0.15) is 16.5 Å². The Kier molecular flexibility index (Phi) is 3.01. The maximum atomic E-state index is 5.60. The predicted octanol–water partition coefficient (Wildman–Crippen LogP) is 3.65. The van der Waals surface area contributed by atoms with Gasteiger partial charge in [-0.25, -0.2) is 4.98 Å². The number of hydrogen-bond donors (Lipinski definition) is 0. The van der Waals surface area contributed by atoms with Gasteiger partial charge in [0.2, 0.25) is 5.89 Å². The summed E-state index contributed by atoms with van der Waals surface area (Å²) in [5.41, 5.74) is 0.762. The van der Waals surface area contributed by atoms with Gasteiger partial charge in [-0.05, 0) is 17.5 Å². The molecule has 2 aromatic rings. The lowest BCUT2D eigenvalue weighted by Gasteiger charge is -1.82. The van der Waals surface area contributed by atoms with E-state index in [2.05, 4.69) is 4.98 Å². The van der Waals surface area contributed by atoms with Crippen LogP contribution in [0.4, 0.5) is 0 Å². The summed E-state index contributed by atoms with van der Waals surface area (Å²) in [6.45, 7) is 0. The third kappa shape index (κ3) is 2.25. The van der Waals surface area contributed by atoms with Gasteiger partial charge < -0.3 is 4.42 Å². The van der Waals surface area contributed by atoms with E-state index in [1.165, 1.54) is 4.88 Å². The summed E-state index contributed by atoms with van der Waals surface area (Å²) in [5.74, 6) is 0.977. The number of aromatic nitrogens is 1. The summed E-state index contributed by atoms with van der Waals surface area (Å²) in [7, 11) is 0. The first kappa shape index (κ1) is 9.49. The SMILES string of the molecule is ClCc1coc(C=Cc2cccs2)n1. The summed E-state index contributed by atoms with van der Waals surface area (Å²) in [4.78, 5) is 5.32. The van der Waals surface area contributed by atoms with Crippen LogP contribution in [0, 0.1) is 0 Å². The second kappa shape index (κ2) is 4.44. The molecule has 0 unspecified atom stereocenters. The standard InChI is InChI=1S/C10H8ClNOS/c11-6-8-7-13-10(12-8)4-3-9-2-1-5-14-9/h1-5,7H,6H2. The van der Waals surface area contributed by atoms with Crippen LogP contribution in [0.15, 0.2) is 28.2 Å². The zero-order valence-corrected chi connectivity index (χ0v) is 8.89. The average molecular weight is 226 g/mol. The first-order valence-electron chi connectivity index (χ1n) is 4.10. The topological polar surface area (TPSA) is 26.0 Å². The number of oxazole rings is 1. The highest BCUT2D eigenvalue weighted by Crippen LogP contribution is 2.13. The minimum atomic E-state index is 0.385. The van der Waals surface area contributed by atoms with Crippen LogP contribution in [0.2, 0.25) is 0 Å². The van der Waals surface area contributed by atoms with E-state index in [-0.39, 0.29) is 0 Å². The molecule has 0 aliphatic carbocycles. The zero-order valence-electron chi connectivity index (χ0n) is 7.31. The third-order valence-electron chi connectivity index (χ3n) is 1.64. The van der Waals surface area contributed by atoms with E-state index in [1.807, 2.05) is 29.7 Å². The van der Waals surface area contributed by atoms with Crippen molar-refractivity contribution in [3.05, 3.63) is 40.2 Å². The Morgan fingerprint density at radius 1 is 1.50 bits per heavy atom. The first-order valence-corrected chi connectivity index (χ1v) is 5.52. The van der Waals surface area contributed by atoms with Gasteiger partial charge in [0, 0.05) is 11.0 Å². The normalized spacial score (nSPS) is 11.2. The fraction of sp³-hybridized carbons (Fsp3) is 0.100. The summed E-state index contributed by atoms with van der Waals surface area (Å²) >= 11 is 7.27. The third-order valence-corrected chi connectivity index (χ3v) is 2.75. The Bertz CT molecular complexity index is 419. The molecule has 0 aromatic carbocycles. The van der Waals surface area contributed by atoms with Crippen molar-refractivity contribution in [1.29, 1.82) is 0 Å². The quantitative estimate of drug-likeness (QED) is 0.746. The molecular weight excluding hydrogens is 218 g/mol. The van der Waals surface area contributed by atoms with Crippen molar-refractivity contribution in [3.63, 3.8) is 0 Å². The lowest BCUT2D eigenvalue weighted by Crippen LogP contribution is -1.75. The van der Waals surface area contributed by atoms with Crippen LogP contribution in [0.25, 0.3) is 12.2 Å². The number of hydrogen-bond acceptors (Lipinski definition) is 3. The highest BCUT2D eigenvalue weighted by Gasteiger charge is 1.98. The van der Waals surface area contributed by atoms with E-state index >= 15 is 0 Å². The van der Waals surface area contributed by atoms with Crippen molar-refractivity contribution >= 4 is 35.1 Å². The van der Waals surface area contributed by atoms with Crippen molar-refractivity contribution in [2.45, 2.75) is 5.88 Å². The molecule has 0 aliphatic rings. The van der Waals surface area contributed by atoms with Crippen molar-refractivity contribution in [3.8, 4) is 0 Å². The number of rotatable bonds is 3. The smallest absolute Gasteiger partial charge is 0.218 e. The average Bonchev–Trinajstić information content (AvgIpc) is 2.86. The van der Waals surface area contributed by atoms with Gasteiger partial charge >= 0.3 is 0 Å². The molecule has 72 valence electrons. The number of halogens is 1. The molecule has 0 bridgehead atoms. The largest absolute Gasteiger partial charge is 0.445 e. The number of nitrogens with zero attached hydrogens (tertiary/aromatic N) is 1. The van der Waals surface area contributed by atoms with Crippen molar-refractivity contribution in [2.75, 3.05) is 0 Å². The van der Waals surface area contributed by atoms with E-state index in [1.54, 1.807) is 17.6 Å². The summed E-state index contributed by atoms with van der Waals surface area (Å²) in [6, 6.07) is 4.04. The maximum absolute atomic E-state index is 5.60. The second-order valence-corrected chi connectivity index (χ2v) is 3.91. The van der Waals surface area contributed by atoms with Crippen LogP contribution in [0.5, 0.6) is 0 Å². The van der Waals surface area contributed by atoms with Gasteiger partial charge in [-0.15, -0.1) is 22.9 Å². The van der Waals surface area contributed by atoms with Crippen LogP contribution in [-0.4, -0.2) is 4.98 Å². The molecule has 0 atom stereocenters. The Labute approximate surface area is 90.9 Å². The minimum Gasteiger partial charge on any atom is -0.445 e. The molecule has 0 amide bonds. The molecule has 0 radical (unpaired) electrons. The van der Waals surface area contributed by atoms with Crippen LogP contribution < -0.4 is 0 Å². The summed E-state index contributed by atoms with van der Waals surface area (Å²) < 4.78 is 5.18. The lowest BCUT2D eigenvalue weighted by atomic mass is 10.4. The number of thiophene rings is 1.